The molecule has 2 aromatic rings. The Morgan fingerprint density at radius 3 is 2.52 bits per heavy atom. The molecule has 21 heavy (non-hydrogen) atoms. The minimum atomic E-state index is -0.643. The van der Waals surface area contributed by atoms with Crippen molar-refractivity contribution in [3.63, 3.8) is 0 Å². The first-order valence-corrected chi connectivity index (χ1v) is 5.92. The molecule has 1 heterocycles. The molecule has 0 spiro atoms. The van der Waals surface area contributed by atoms with Crippen LogP contribution in [0.25, 0.3) is 11.1 Å². The molecular formula is C14H12N2O5. The first-order valence-electron chi connectivity index (χ1n) is 5.92. The molecule has 0 atom stereocenters. The highest BCUT2D eigenvalue weighted by Gasteiger charge is 2.16. The van der Waals surface area contributed by atoms with Gasteiger partial charge in [0.1, 0.15) is 5.75 Å². The molecule has 0 aliphatic heterocycles. The molecule has 0 bridgehead atoms. The van der Waals surface area contributed by atoms with E-state index in [4.69, 9.17) is 4.74 Å². The third-order valence-corrected chi connectivity index (χ3v) is 2.83. The Kier molecular flexibility index (Phi) is 4.13. The summed E-state index contributed by atoms with van der Waals surface area (Å²) < 4.78 is 9.67. The van der Waals surface area contributed by atoms with Crippen LogP contribution in [0.4, 0.5) is 5.69 Å². The first-order chi connectivity index (χ1) is 10.0. The standard InChI is InChI=1S/C14H12N2O5/c1-20-13-6-11(7-15-8-13)9-3-10(14(17)21-2)5-12(4-9)16(18)19/h3-8H,1-2H3. The fourth-order valence-electron chi connectivity index (χ4n) is 1.81. The van der Waals surface area contributed by atoms with Crippen LogP contribution >= 0.6 is 0 Å². The average molecular weight is 288 g/mol. The summed E-state index contributed by atoms with van der Waals surface area (Å²) >= 11 is 0. The third kappa shape index (κ3) is 3.14. The monoisotopic (exact) mass is 288 g/mol. The molecule has 0 radical (unpaired) electrons. The summed E-state index contributed by atoms with van der Waals surface area (Å²) in [4.78, 5) is 26.0. The van der Waals surface area contributed by atoms with Crippen molar-refractivity contribution >= 4 is 11.7 Å². The van der Waals surface area contributed by atoms with Gasteiger partial charge in [0.2, 0.25) is 0 Å². The van der Waals surface area contributed by atoms with Crippen molar-refractivity contribution < 1.29 is 19.2 Å². The molecule has 0 saturated carbocycles. The summed E-state index contributed by atoms with van der Waals surface area (Å²) in [7, 11) is 2.71. The van der Waals surface area contributed by atoms with Gasteiger partial charge in [0.25, 0.3) is 5.69 Å². The highest BCUT2D eigenvalue weighted by molar-refractivity contribution is 5.92. The number of nitro groups is 1. The lowest BCUT2D eigenvalue weighted by Gasteiger charge is -2.06. The number of non-ortho nitro benzene ring substituents is 1. The summed E-state index contributed by atoms with van der Waals surface area (Å²) in [6, 6.07) is 5.72. The molecular weight excluding hydrogens is 276 g/mol. The van der Waals surface area contributed by atoms with Gasteiger partial charge in [-0.2, -0.15) is 0 Å². The van der Waals surface area contributed by atoms with E-state index in [0.717, 1.165) is 0 Å². The summed E-state index contributed by atoms with van der Waals surface area (Å²) in [5, 5.41) is 11.0. The lowest BCUT2D eigenvalue weighted by molar-refractivity contribution is -0.384. The molecule has 2 rings (SSSR count). The van der Waals surface area contributed by atoms with Crippen LogP contribution in [-0.4, -0.2) is 30.1 Å². The molecule has 1 aromatic carbocycles. The molecule has 7 nitrogen and oxygen atoms in total. The van der Waals surface area contributed by atoms with Gasteiger partial charge in [-0.15, -0.1) is 0 Å². The zero-order valence-electron chi connectivity index (χ0n) is 11.4. The number of methoxy groups -OCH3 is 2. The van der Waals surface area contributed by atoms with Crippen molar-refractivity contribution in [2.75, 3.05) is 14.2 Å². The Balaban J connectivity index is 2.58. The fourth-order valence-corrected chi connectivity index (χ4v) is 1.81. The van der Waals surface area contributed by atoms with E-state index in [9.17, 15) is 14.9 Å². The Morgan fingerprint density at radius 2 is 1.90 bits per heavy atom. The highest BCUT2D eigenvalue weighted by atomic mass is 16.6. The van der Waals surface area contributed by atoms with Crippen molar-refractivity contribution in [2.24, 2.45) is 0 Å². The first kappa shape index (κ1) is 14.4. The van der Waals surface area contributed by atoms with E-state index in [2.05, 4.69) is 9.72 Å². The predicted octanol–water partition coefficient (Wildman–Crippen LogP) is 2.45. The minimum Gasteiger partial charge on any atom is -0.495 e. The third-order valence-electron chi connectivity index (χ3n) is 2.83. The van der Waals surface area contributed by atoms with E-state index in [1.54, 1.807) is 6.07 Å². The summed E-state index contributed by atoms with van der Waals surface area (Å²) in [5.74, 6) is -0.130. The minimum absolute atomic E-state index is 0.101. The quantitative estimate of drug-likeness (QED) is 0.487. The number of hydrogen-bond acceptors (Lipinski definition) is 6. The normalized spacial score (nSPS) is 10.0. The molecule has 1 aromatic heterocycles. The zero-order chi connectivity index (χ0) is 15.4. The van der Waals surface area contributed by atoms with Crippen LogP contribution in [0.1, 0.15) is 10.4 Å². The average Bonchev–Trinajstić information content (AvgIpc) is 2.53. The van der Waals surface area contributed by atoms with Gasteiger partial charge >= 0.3 is 5.97 Å². The van der Waals surface area contributed by atoms with Gasteiger partial charge in [-0.3, -0.25) is 15.1 Å². The molecule has 108 valence electrons. The number of aromatic nitrogens is 1. The number of ether oxygens (including phenoxy) is 2. The van der Waals surface area contributed by atoms with Crippen molar-refractivity contribution in [2.45, 2.75) is 0 Å². The van der Waals surface area contributed by atoms with E-state index >= 15 is 0 Å². The topological polar surface area (TPSA) is 91.6 Å². The van der Waals surface area contributed by atoms with Crippen molar-refractivity contribution in [1.82, 2.24) is 4.98 Å². The molecule has 0 amide bonds. The molecule has 0 unspecified atom stereocenters. The maximum absolute atomic E-state index is 11.6. The summed E-state index contributed by atoms with van der Waals surface area (Å²) in [6.45, 7) is 0. The van der Waals surface area contributed by atoms with Crippen LogP contribution in [-0.2, 0) is 4.74 Å². The van der Waals surface area contributed by atoms with E-state index < -0.39 is 10.9 Å². The number of nitro benzene ring substituents is 1. The largest absolute Gasteiger partial charge is 0.495 e. The second-order valence-electron chi connectivity index (χ2n) is 4.13. The lowest BCUT2D eigenvalue weighted by atomic mass is 10.0. The fraction of sp³-hybridized carbons (Fsp3) is 0.143. The van der Waals surface area contributed by atoms with Crippen LogP contribution in [0, 0.1) is 10.1 Å². The van der Waals surface area contributed by atoms with E-state index in [0.29, 0.717) is 16.9 Å². The summed E-state index contributed by atoms with van der Waals surface area (Å²) in [5.41, 5.74) is 0.986. The maximum atomic E-state index is 11.6. The predicted molar refractivity (Wildman–Crippen MR) is 74.2 cm³/mol. The smallest absolute Gasteiger partial charge is 0.338 e. The molecule has 7 heteroatoms. The van der Waals surface area contributed by atoms with Crippen LogP contribution in [0.2, 0.25) is 0 Å². The van der Waals surface area contributed by atoms with Crippen LogP contribution in [0.15, 0.2) is 36.7 Å². The SMILES string of the molecule is COC(=O)c1cc(-c2cncc(OC)c2)cc([N+](=O)[O-])c1. The van der Waals surface area contributed by atoms with Gasteiger partial charge in [0.05, 0.1) is 30.9 Å². The van der Waals surface area contributed by atoms with Gasteiger partial charge in [-0.05, 0) is 17.7 Å². The molecule has 0 saturated heterocycles. The van der Waals surface area contributed by atoms with Crippen LogP contribution in [0.5, 0.6) is 5.75 Å². The molecule has 0 fully saturated rings. The molecule has 0 aliphatic rings. The van der Waals surface area contributed by atoms with Crippen molar-refractivity contribution in [3.05, 3.63) is 52.3 Å². The van der Waals surface area contributed by atoms with Gasteiger partial charge in [0.15, 0.2) is 0 Å². The van der Waals surface area contributed by atoms with Crippen LogP contribution in [0.3, 0.4) is 0 Å². The van der Waals surface area contributed by atoms with Gasteiger partial charge < -0.3 is 9.47 Å². The second-order valence-corrected chi connectivity index (χ2v) is 4.13. The highest BCUT2D eigenvalue weighted by Crippen LogP contribution is 2.28. The zero-order valence-corrected chi connectivity index (χ0v) is 11.4. The van der Waals surface area contributed by atoms with Gasteiger partial charge in [-0.25, -0.2) is 4.79 Å². The lowest BCUT2D eigenvalue weighted by Crippen LogP contribution is -2.03. The number of benzene rings is 1. The maximum Gasteiger partial charge on any atom is 0.338 e. The van der Waals surface area contributed by atoms with Crippen molar-refractivity contribution in [1.29, 1.82) is 0 Å². The van der Waals surface area contributed by atoms with Crippen molar-refractivity contribution in [3.8, 4) is 16.9 Å². The van der Waals surface area contributed by atoms with Gasteiger partial charge in [0, 0.05) is 23.9 Å². The van der Waals surface area contributed by atoms with E-state index in [1.807, 2.05) is 0 Å². The second kappa shape index (κ2) is 6.00. The van der Waals surface area contributed by atoms with Crippen LogP contribution < -0.4 is 4.74 Å². The number of rotatable bonds is 4. The number of esters is 1. The van der Waals surface area contributed by atoms with Gasteiger partial charge in [-0.1, -0.05) is 0 Å². The number of pyridine rings is 1. The van der Waals surface area contributed by atoms with E-state index in [-0.39, 0.29) is 11.3 Å². The Labute approximate surface area is 120 Å². The van der Waals surface area contributed by atoms with E-state index in [1.165, 1.54) is 44.8 Å². The Morgan fingerprint density at radius 1 is 1.14 bits per heavy atom. The Hall–Kier alpha value is -2.96. The summed E-state index contributed by atoms with van der Waals surface area (Å²) in [6.07, 6.45) is 3.05. The number of nitrogens with zero attached hydrogens (tertiary/aromatic N) is 2. The number of hydrogen-bond donors (Lipinski definition) is 0. The Bertz CT molecular complexity index is 700. The number of carbonyl (C=O) groups excluding carboxylic acids is 1. The molecule has 0 aliphatic carbocycles. The number of carbonyl (C=O) groups is 1. The molecule has 0 N–H and O–H groups in total.